The fraction of sp³-hybridized carbons (Fsp3) is 0.0714. The molecule has 1 aliphatic heterocycles. The van der Waals surface area contributed by atoms with Crippen LogP contribution >= 0.6 is 0 Å². The van der Waals surface area contributed by atoms with E-state index in [1.807, 2.05) is 54.9 Å². The van der Waals surface area contributed by atoms with Crippen LogP contribution in [-0.2, 0) is 11.2 Å². The quantitative estimate of drug-likeness (QED) is 0.339. The molecular formula is C28H22N4O. The van der Waals surface area contributed by atoms with E-state index >= 15 is 0 Å². The van der Waals surface area contributed by atoms with Gasteiger partial charge in [-0.15, -0.1) is 0 Å². The molecule has 0 fully saturated rings. The lowest BCUT2D eigenvalue weighted by atomic mass is 9.96. The summed E-state index contributed by atoms with van der Waals surface area (Å²) in [6.07, 6.45) is 8.19. The number of benzene rings is 3. The summed E-state index contributed by atoms with van der Waals surface area (Å²) in [5, 5.41) is 6.37. The Morgan fingerprint density at radius 2 is 1.82 bits per heavy atom. The van der Waals surface area contributed by atoms with Crippen molar-refractivity contribution in [3.8, 4) is 11.1 Å². The third-order valence-corrected chi connectivity index (χ3v) is 6.29. The molecule has 4 N–H and O–H groups in total. The minimum atomic E-state index is -0.285. The lowest BCUT2D eigenvalue weighted by Crippen LogP contribution is -2.21. The van der Waals surface area contributed by atoms with Crippen molar-refractivity contribution in [2.24, 2.45) is 5.73 Å². The minimum absolute atomic E-state index is 0.110. The summed E-state index contributed by atoms with van der Waals surface area (Å²) in [5.41, 5.74) is 13.2. The molecule has 0 saturated heterocycles. The van der Waals surface area contributed by atoms with Crippen LogP contribution in [0.2, 0.25) is 0 Å². The number of rotatable bonds is 4. The highest BCUT2D eigenvalue weighted by atomic mass is 16.2. The van der Waals surface area contributed by atoms with Crippen LogP contribution in [0.5, 0.6) is 0 Å². The van der Waals surface area contributed by atoms with Crippen LogP contribution in [0, 0.1) is 0 Å². The molecule has 3 aromatic carbocycles. The Labute approximate surface area is 191 Å². The average Bonchev–Trinajstić information content (AvgIpc) is 3.39. The highest BCUT2D eigenvalue weighted by Crippen LogP contribution is 2.36. The molecule has 2 aromatic heterocycles. The van der Waals surface area contributed by atoms with Crippen LogP contribution < -0.4 is 11.1 Å². The van der Waals surface area contributed by atoms with Gasteiger partial charge < -0.3 is 16.0 Å². The minimum Gasteiger partial charge on any atom is -0.361 e. The molecule has 1 atom stereocenters. The van der Waals surface area contributed by atoms with Gasteiger partial charge in [0.1, 0.15) is 0 Å². The van der Waals surface area contributed by atoms with Crippen molar-refractivity contribution in [3.05, 3.63) is 103 Å². The summed E-state index contributed by atoms with van der Waals surface area (Å²) < 4.78 is 0. The first-order valence-corrected chi connectivity index (χ1v) is 11.0. The van der Waals surface area contributed by atoms with Gasteiger partial charge in [-0.1, -0.05) is 42.5 Å². The van der Waals surface area contributed by atoms with Gasteiger partial charge in [-0.3, -0.25) is 9.78 Å². The van der Waals surface area contributed by atoms with E-state index in [1.165, 1.54) is 0 Å². The molecule has 6 rings (SSSR count). The number of hydrogen-bond donors (Lipinski definition) is 3. The van der Waals surface area contributed by atoms with Gasteiger partial charge in [0.2, 0.25) is 0 Å². The van der Waals surface area contributed by atoms with Crippen molar-refractivity contribution in [2.45, 2.75) is 12.5 Å². The number of nitrogens with zero attached hydrogens (tertiary/aromatic N) is 1. The molecule has 0 spiro atoms. The number of anilines is 1. The molecule has 33 heavy (non-hydrogen) atoms. The Kier molecular flexibility index (Phi) is 4.56. The van der Waals surface area contributed by atoms with E-state index in [0.29, 0.717) is 12.0 Å². The van der Waals surface area contributed by atoms with Crippen molar-refractivity contribution < 1.29 is 4.79 Å². The van der Waals surface area contributed by atoms with Crippen LogP contribution in [0.3, 0.4) is 0 Å². The lowest BCUT2D eigenvalue weighted by Gasteiger charge is -2.09. The molecule has 5 heteroatoms. The fourth-order valence-electron chi connectivity index (χ4n) is 4.62. The largest absolute Gasteiger partial charge is 0.361 e. The zero-order valence-corrected chi connectivity index (χ0v) is 17.9. The van der Waals surface area contributed by atoms with Gasteiger partial charge in [-0.25, -0.2) is 0 Å². The highest BCUT2D eigenvalue weighted by molar-refractivity contribution is 6.31. The Morgan fingerprint density at radius 1 is 0.970 bits per heavy atom. The van der Waals surface area contributed by atoms with Gasteiger partial charge >= 0.3 is 0 Å². The SMILES string of the molecule is NC(C=C1C(=O)Nc2ccc(-c3ccc4cnccc4c3)cc21)Cc1c[nH]c2ccccc12. The number of pyridine rings is 1. The van der Waals surface area contributed by atoms with Crippen molar-refractivity contribution in [2.75, 3.05) is 5.32 Å². The number of nitrogens with two attached hydrogens (primary N) is 1. The normalized spacial score (nSPS) is 15.2. The number of carbonyl (C=O) groups excluding carboxylic acids is 1. The van der Waals surface area contributed by atoms with Crippen LogP contribution in [0.4, 0.5) is 5.69 Å². The third-order valence-electron chi connectivity index (χ3n) is 6.29. The van der Waals surface area contributed by atoms with Gasteiger partial charge in [-0.2, -0.15) is 0 Å². The second kappa shape index (κ2) is 7.73. The van der Waals surface area contributed by atoms with Crippen molar-refractivity contribution in [1.82, 2.24) is 9.97 Å². The number of carbonyl (C=O) groups is 1. The molecule has 0 saturated carbocycles. The Bertz CT molecular complexity index is 1560. The first kappa shape index (κ1) is 19.5. The zero-order valence-electron chi connectivity index (χ0n) is 17.9. The molecule has 160 valence electrons. The molecule has 1 unspecified atom stereocenters. The molecule has 1 aliphatic rings. The second-order valence-corrected chi connectivity index (χ2v) is 8.46. The third kappa shape index (κ3) is 3.49. The van der Waals surface area contributed by atoms with Crippen LogP contribution in [0.25, 0.3) is 38.4 Å². The first-order chi connectivity index (χ1) is 16.2. The Hall–Kier alpha value is -4.22. The average molecular weight is 431 g/mol. The van der Waals surface area contributed by atoms with E-state index in [9.17, 15) is 4.79 Å². The smallest absolute Gasteiger partial charge is 0.256 e. The Balaban J connectivity index is 1.34. The van der Waals surface area contributed by atoms with Crippen molar-refractivity contribution >= 4 is 38.8 Å². The monoisotopic (exact) mass is 430 g/mol. The number of amides is 1. The van der Waals surface area contributed by atoms with Crippen molar-refractivity contribution in [3.63, 3.8) is 0 Å². The Morgan fingerprint density at radius 3 is 2.76 bits per heavy atom. The van der Waals surface area contributed by atoms with E-state index < -0.39 is 0 Å². The number of aromatic amines is 1. The summed E-state index contributed by atoms with van der Waals surface area (Å²) >= 11 is 0. The molecule has 5 aromatic rings. The number of fused-ring (bicyclic) bond motifs is 3. The summed E-state index contributed by atoms with van der Waals surface area (Å²) in [7, 11) is 0. The maximum absolute atomic E-state index is 12.8. The zero-order chi connectivity index (χ0) is 22.4. The topological polar surface area (TPSA) is 83.8 Å². The van der Waals surface area contributed by atoms with Crippen LogP contribution in [-0.4, -0.2) is 21.9 Å². The van der Waals surface area contributed by atoms with E-state index in [0.717, 1.165) is 49.6 Å². The number of aromatic nitrogens is 2. The van der Waals surface area contributed by atoms with Crippen LogP contribution in [0.1, 0.15) is 11.1 Å². The molecule has 0 aliphatic carbocycles. The maximum Gasteiger partial charge on any atom is 0.256 e. The van der Waals surface area contributed by atoms with Gasteiger partial charge in [0.25, 0.3) is 5.91 Å². The summed E-state index contributed by atoms with van der Waals surface area (Å²) in [4.78, 5) is 20.2. The number of nitrogens with one attached hydrogen (secondary N) is 2. The van der Waals surface area contributed by atoms with E-state index in [1.54, 1.807) is 6.20 Å². The second-order valence-electron chi connectivity index (χ2n) is 8.46. The van der Waals surface area contributed by atoms with E-state index in [-0.39, 0.29) is 11.9 Å². The number of hydrogen-bond acceptors (Lipinski definition) is 3. The molecule has 1 amide bonds. The molecule has 0 radical (unpaired) electrons. The summed E-state index contributed by atoms with van der Waals surface area (Å²) in [6, 6.07) is 22.3. The summed E-state index contributed by atoms with van der Waals surface area (Å²) in [5.74, 6) is -0.110. The van der Waals surface area contributed by atoms with Gasteiger partial charge in [0, 0.05) is 57.7 Å². The van der Waals surface area contributed by atoms with E-state index in [2.05, 4.69) is 45.6 Å². The molecule has 3 heterocycles. The van der Waals surface area contributed by atoms with Crippen LogP contribution in [0.15, 0.2) is 91.4 Å². The van der Waals surface area contributed by atoms with Gasteiger partial charge in [0.05, 0.1) is 0 Å². The number of H-pyrrole nitrogens is 1. The lowest BCUT2D eigenvalue weighted by molar-refractivity contribution is -0.110. The standard InChI is InChI=1S/C28H22N4O/c29-22(12-21-16-31-26-4-2-1-3-23(21)26)14-25-24-13-18(7-8-27(24)32-28(25)33)17-5-6-20-15-30-10-9-19(20)11-17/h1-11,13-16,22,31H,12,29H2,(H,32,33). The number of para-hydroxylation sites is 1. The fourth-order valence-corrected chi connectivity index (χ4v) is 4.62. The molecular weight excluding hydrogens is 408 g/mol. The predicted molar refractivity (Wildman–Crippen MR) is 134 cm³/mol. The van der Waals surface area contributed by atoms with Gasteiger partial charge in [0.15, 0.2) is 0 Å². The summed E-state index contributed by atoms with van der Waals surface area (Å²) in [6.45, 7) is 0. The van der Waals surface area contributed by atoms with Crippen molar-refractivity contribution in [1.29, 1.82) is 0 Å². The van der Waals surface area contributed by atoms with Gasteiger partial charge in [-0.05, 0) is 58.8 Å². The highest BCUT2D eigenvalue weighted by Gasteiger charge is 2.25. The predicted octanol–water partition coefficient (Wildman–Crippen LogP) is 5.29. The first-order valence-electron chi connectivity index (χ1n) is 11.0. The van der Waals surface area contributed by atoms with E-state index in [4.69, 9.17) is 5.73 Å². The maximum atomic E-state index is 12.8. The molecule has 5 nitrogen and oxygen atoms in total. The molecule has 0 bridgehead atoms.